The Hall–Kier alpha value is -2.89. The molecule has 2 heterocycles. The fourth-order valence-electron chi connectivity index (χ4n) is 3.37. The van der Waals surface area contributed by atoms with Gasteiger partial charge >= 0.3 is 0 Å². The Morgan fingerprint density at radius 2 is 1.93 bits per heavy atom. The summed E-state index contributed by atoms with van der Waals surface area (Å²) in [4.78, 5) is 19.6. The first-order chi connectivity index (χ1) is 12.8. The van der Waals surface area contributed by atoms with Gasteiger partial charge in [-0.15, -0.1) is 0 Å². The van der Waals surface area contributed by atoms with Crippen molar-refractivity contribution in [3.05, 3.63) is 52.8 Å². The van der Waals surface area contributed by atoms with Crippen molar-refractivity contribution < 1.29 is 9.53 Å². The van der Waals surface area contributed by atoms with Crippen molar-refractivity contribution in [1.29, 1.82) is 0 Å². The maximum absolute atomic E-state index is 13.2. The molecule has 0 radical (unpaired) electrons. The normalized spacial score (nSPS) is 12.2. The highest BCUT2D eigenvalue weighted by Crippen LogP contribution is 2.24. The van der Waals surface area contributed by atoms with Gasteiger partial charge in [-0.2, -0.15) is 5.10 Å². The number of hydrogen-bond acceptors (Lipinski definition) is 4. The van der Waals surface area contributed by atoms with Crippen molar-refractivity contribution in [3.8, 4) is 5.75 Å². The Kier molecular flexibility index (Phi) is 5.17. The lowest BCUT2D eigenvalue weighted by atomic mass is 10.0. The molecule has 1 unspecified atom stereocenters. The molecule has 1 amide bonds. The van der Waals surface area contributed by atoms with E-state index in [1.165, 1.54) is 0 Å². The molecule has 0 aliphatic rings. The van der Waals surface area contributed by atoms with E-state index in [0.29, 0.717) is 5.56 Å². The molecule has 3 aromatic rings. The zero-order valence-electron chi connectivity index (χ0n) is 16.8. The molecule has 0 spiro atoms. The van der Waals surface area contributed by atoms with Crippen LogP contribution in [0.15, 0.2) is 30.3 Å². The third kappa shape index (κ3) is 3.65. The van der Waals surface area contributed by atoms with Crippen molar-refractivity contribution in [1.82, 2.24) is 19.7 Å². The van der Waals surface area contributed by atoms with Gasteiger partial charge in [-0.25, -0.2) is 4.98 Å². The second kappa shape index (κ2) is 7.39. The number of fused-ring (bicyclic) bond motifs is 1. The van der Waals surface area contributed by atoms with Crippen LogP contribution in [-0.4, -0.2) is 45.8 Å². The molecule has 1 aromatic carbocycles. The minimum atomic E-state index is -0.0115. The average molecular weight is 366 g/mol. The van der Waals surface area contributed by atoms with Crippen molar-refractivity contribution in [3.63, 3.8) is 0 Å². The molecule has 1 atom stereocenters. The van der Waals surface area contributed by atoms with E-state index in [0.717, 1.165) is 40.2 Å². The highest BCUT2D eigenvalue weighted by atomic mass is 16.5. The molecule has 0 aliphatic carbocycles. The molecule has 2 aromatic heterocycles. The maximum Gasteiger partial charge on any atom is 0.254 e. The number of aromatic nitrogens is 3. The van der Waals surface area contributed by atoms with Crippen LogP contribution in [0.25, 0.3) is 11.0 Å². The van der Waals surface area contributed by atoms with Crippen LogP contribution in [0.1, 0.15) is 34.2 Å². The van der Waals surface area contributed by atoms with Gasteiger partial charge in [0.15, 0.2) is 5.65 Å². The lowest BCUT2D eigenvalue weighted by molar-refractivity contribution is 0.0745. The van der Waals surface area contributed by atoms with Gasteiger partial charge in [-0.3, -0.25) is 9.48 Å². The summed E-state index contributed by atoms with van der Waals surface area (Å²) in [6, 6.07) is 9.86. The number of ether oxygens (including phenoxy) is 1. The number of methoxy groups -OCH3 is 1. The number of amides is 1. The van der Waals surface area contributed by atoms with Crippen LogP contribution in [0.3, 0.4) is 0 Å². The Balaban J connectivity index is 1.87. The van der Waals surface area contributed by atoms with E-state index < -0.39 is 0 Å². The summed E-state index contributed by atoms with van der Waals surface area (Å²) in [6.45, 7) is 5.87. The van der Waals surface area contributed by atoms with E-state index in [1.807, 2.05) is 58.3 Å². The standard InChI is InChI=1S/C21H26N4O2/c1-13-11-18(19-15(3)23-25(5)20(19)22-13)21(26)24(4)14(2)12-16-7-9-17(27-6)10-8-16/h7-11,14H,12H2,1-6H3. The van der Waals surface area contributed by atoms with E-state index in [2.05, 4.69) is 17.0 Å². The first-order valence-electron chi connectivity index (χ1n) is 9.03. The Labute approximate surface area is 159 Å². The highest BCUT2D eigenvalue weighted by Gasteiger charge is 2.23. The van der Waals surface area contributed by atoms with Crippen LogP contribution < -0.4 is 4.74 Å². The minimum absolute atomic E-state index is 0.0115. The van der Waals surface area contributed by atoms with Gasteiger partial charge in [0.2, 0.25) is 0 Å². The molecule has 142 valence electrons. The fraction of sp³-hybridized carbons (Fsp3) is 0.381. The lowest BCUT2D eigenvalue weighted by Crippen LogP contribution is -2.36. The SMILES string of the molecule is COc1ccc(CC(C)N(C)C(=O)c2cc(C)nc3c2c(C)nn3C)cc1. The summed E-state index contributed by atoms with van der Waals surface area (Å²) < 4.78 is 6.94. The zero-order chi connectivity index (χ0) is 19.7. The maximum atomic E-state index is 13.2. The summed E-state index contributed by atoms with van der Waals surface area (Å²) in [7, 11) is 5.36. The first-order valence-corrected chi connectivity index (χ1v) is 9.03. The number of carbonyl (C=O) groups excluding carboxylic acids is 1. The molecule has 0 fully saturated rings. The molecule has 0 saturated heterocycles. The number of nitrogens with zero attached hydrogens (tertiary/aromatic N) is 4. The monoisotopic (exact) mass is 366 g/mol. The van der Waals surface area contributed by atoms with Gasteiger partial charge in [0.05, 0.1) is 23.8 Å². The smallest absolute Gasteiger partial charge is 0.254 e. The number of carbonyl (C=O) groups is 1. The van der Waals surface area contributed by atoms with Crippen LogP contribution in [0.5, 0.6) is 5.75 Å². The second-order valence-corrected chi connectivity index (χ2v) is 7.04. The highest BCUT2D eigenvalue weighted by molar-refractivity contribution is 6.06. The van der Waals surface area contributed by atoms with Gasteiger partial charge in [-0.05, 0) is 51.0 Å². The molecule has 6 nitrogen and oxygen atoms in total. The lowest BCUT2D eigenvalue weighted by Gasteiger charge is -2.25. The van der Waals surface area contributed by atoms with E-state index >= 15 is 0 Å². The fourth-order valence-corrected chi connectivity index (χ4v) is 3.37. The quantitative estimate of drug-likeness (QED) is 0.695. The summed E-state index contributed by atoms with van der Waals surface area (Å²) in [5, 5.41) is 5.26. The van der Waals surface area contributed by atoms with E-state index in [4.69, 9.17) is 4.74 Å². The molecule has 0 aliphatic heterocycles. The van der Waals surface area contributed by atoms with Gasteiger partial charge < -0.3 is 9.64 Å². The molecule has 0 N–H and O–H groups in total. The van der Waals surface area contributed by atoms with Crippen LogP contribution in [0, 0.1) is 13.8 Å². The third-order valence-corrected chi connectivity index (χ3v) is 5.00. The van der Waals surface area contributed by atoms with Gasteiger partial charge in [0, 0.05) is 25.8 Å². The average Bonchev–Trinajstić information content (AvgIpc) is 2.94. The van der Waals surface area contributed by atoms with E-state index in [1.54, 1.807) is 16.7 Å². The summed E-state index contributed by atoms with van der Waals surface area (Å²) >= 11 is 0. The molecule has 0 saturated carbocycles. The summed E-state index contributed by atoms with van der Waals surface area (Å²) in [5.41, 5.74) is 4.19. The number of likely N-dealkylation sites (N-methyl/N-ethyl adjacent to an activating group) is 1. The van der Waals surface area contributed by atoms with Crippen molar-refractivity contribution in [2.24, 2.45) is 7.05 Å². The Morgan fingerprint density at radius 3 is 2.56 bits per heavy atom. The number of aryl methyl sites for hydroxylation is 3. The number of rotatable bonds is 5. The molecular formula is C21H26N4O2. The third-order valence-electron chi connectivity index (χ3n) is 5.00. The Morgan fingerprint density at radius 1 is 1.26 bits per heavy atom. The van der Waals surface area contributed by atoms with Gasteiger partial charge in [-0.1, -0.05) is 12.1 Å². The van der Waals surface area contributed by atoms with Crippen LogP contribution >= 0.6 is 0 Å². The summed E-state index contributed by atoms with van der Waals surface area (Å²) in [6.07, 6.45) is 0.769. The van der Waals surface area contributed by atoms with Crippen molar-refractivity contribution >= 4 is 16.9 Å². The molecule has 27 heavy (non-hydrogen) atoms. The number of benzene rings is 1. The Bertz CT molecular complexity index is 976. The van der Waals surface area contributed by atoms with Crippen LogP contribution in [-0.2, 0) is 13.5 Å². The minimum Gasteiger partial charge on any atom is -0.497 e. The predicted molar refractivity (Wildman–Crippen MR) is 106 cm³/mol. The second-order valence-electron chi connectivity index (χ2n) is 7.04. The van der Waals surface area contributed by atoms with E-state index in [9.17, 15) is 4.79 Å². The van der Waals surface area contributed by atoms with Crippen molar-refractivity contribution in [2.75, 3.05) is 14.2 Å². The van der Waals surface area contributed by atoms with Crippen LogP contribution in [0.2, 0.25) is 0 Å². The molecular weight excluding hydrogens is 340 g/mol. The largest absolute Gasteiger partial charge is 0.497 e. The number of hydrogen-bond donors (Lipinski definition) is 0. The topological polar surface area (TPSA) is 60.2 Å². The molecule has 0 bridgehead atoms. The van der Waals surface area contributed by atoms with Gasteiger partial charge in [0.1, 0.15) is 5.75 Å². The van der Waals surface area contributed by atoms with E-state index in [-0.39, 0.29) is 11.9 Å². The molecule has 3 rings (SSSR count). The number of pyridine rings is 1. The van der Waals surface area contributed by atoms with Crippen LogP contribution in [0.4, 0.5) is 0 Å². The summed E-state index contributed by atoms with van der Waals surface area (Å²) in [5.74, 6) is 0.820. The first kappa shape index (κ1) is 18.9. The van der Waals surface area contributed by atoms with Crippen molar-refractivity contribution in [2.45, 2.75) is 33.2 Å². The predicted octanol–water partition coefficient (Wildman–Crippen LogP) is 3.30. The molecule has 6 heteroatoms. The van der Waals surface area contributed by atoms with Gasteiger partial charge in [0.25, 0.3) is 5.91 Å². The zero-order valence-corrected chi connectivity index (χ0v) is 16.8.